The van der Waals surface area contributed by atoms with Crippen molar-refractivity contribution in [1.29, 1.82) is 0 Å². The lowest BCUT2D eigenvalue weighted by molar-refractivity contribution is 0.0790. The summed E-state index contributed by atoms with van der Waals surface area (Å²) in [5.41, 5.74) is 2.75. The van der Waals surface area contributed by atoms with Crippen molar-refractivity contribution in [3.05, 3.63) is 78.1 Å². The molecule has 3 aromatic heterocycles. The first kappa shape index (κ1) is 19.4. The first-order chi connectivity index (χ1) is 13.6. The van der Waals surface area contributed by atoms with Crippen LogP contribution in [0.5, 0.6) is 0 Å². The second-order valence-corrected chi connectivity index (χ2v) is 6.60. The molecular formula is C21H24N6O. The van der Waals surface area contributed by atoms with Crippen LogP contribution in [-0.2, 0) is 12.8 Å². The van der Waals surface area contributed by atoms with Gasteiger partial charge in [-0.2, -0.15) is 0 Å². The average Bonchev–Trinajstić information content (AvgIpc) is 2.76. The van der Waals surface area contributed by atoms with E-state index in [4.69, 9.17) is 0 Å². The molecule has 3 rings (SSSR count). The normalized spacial score (nSPS) is 10.5. The van der Waals surface area contributed by atoms with Crippen molar-refractivity contribution < 1.29 is 4.79 Å². The quantitative estimate of drug-likeness (QED) is 0.600. The molecule has 0 saturated carbocycles. The molecule has 0 bridgehead atoms. The number of pyridine rings is 2. The minimum atomic E-state index is -0.111. The lowest BCUT2D eigenvalue weighted by atomic mass is 10.2. The van der Waals surface area contributed by atoms with Crippen molar-refractivity contribution in [2.24, 2.45) is 0 Å². The highest BCUT2D eigenvalue weighted by Gasteiger charge is 2.15. The third-order valence-corrected chi connectivity index (χ3v) is 4.52. The van der Waals surface area contributed by atoms with Gasteiger partial charge >= 0.3 is 0 Å². The van der Waals surface area contributed by atoms with Crippen molar-refractivity contribution in [1.82, 2.24) is 24.8 Å². The number of rotatable bonds is 8. The van der Waals surface area contributed by atoms with Gasteiger partial charge in [-0.25, -0.2) is 9.97 Å². The van der Waals surface area contributed by atoms with Gasteiger partial charge in [0.15, 0.2) is 0 Å². The fraction of sp³-hybridized carbons (Fsp3) is 0.286. The molecule has 144 valence electrons. The lowest BCUT2D eigenvalue weighted by Crippen LogP contribution is -2.30. The van der Waals surface area contributed by atoms with Gasteiger partial charge in [0.25, 0.3) is 5.91 Å². The van der Waals surface area contributed by atoms with E-state index >= 15 is 0 Å². The van der Waals surface area contributed by atoms with Gasteiger partial charge in [0.2, 0.25) is 5.95 Å². The first-order valence-corrected chi connectivity index (χ1v) is 9.21. The van der Waals surface area contributed by atoms with Crippen molar-refractivity contribution in [3.8, 4) is 0 Å². The highest BCUT2D eigenvalue weighted by molar-refractivity contribution is 5.92. The Morgan fingerprint density at radius 3 is 2.00 bits per heavy atom. The summed E-state index contributed by atoms with van der Waals surface area (Å²) >= 11 is 0. The van der Waals surface area contributed by atoms with Crippen LogP contribution in [0.15, 0.2) is 61.3 Å². The molecule has 0 aliphatic carbocycles. The van der Waals surface area contributed by atoms with E-state index in [0.29, 0.717) is 18.2 Å². The Morgan fingerprint density at radius 2 is 1.39 bits per heavy atom. The summed E-state index contributed by atoms with van der Waals surface area (Å²) < 4.78 is 0. The van der Waals surface area contributed by atoms with Gasteiger partial charge in [-0.05, 0) is 54.3 Å². The summed E-state index contributed by atoms with van der Waals surface area (Å²) in [7, 11) is 3.72. The molecule has 3 aromatic rings. The lowest BCUT2D eigenvalue weighted by Gasteiger charge is -2.19. The van der Waals surface area contributed by atoms with Crippen LogP contribution in [0.3, 0.4) is 0 Å². The molecule has 0 unspecified atom stereocenters. The summed E-state index contributed by atoms with van der Waals surface area (Å²) in [6.07, 6.45) is 10.3. The number of hydrogen-bond acceptors (Lipinski definition) is 6. The van der Waals surface area contributed by atoms with Crippen molar-refractivity contribution in [3.63, 3.8) is 0 Å². The number of aromatic nitrogens is 4. The van der Waals surface area contributed by atoms with Gasteiger partial charge in [0.05, 0.1) is 0 Å². The number of amides is 1. The van der Waals surface area contributed by atoms with E-state index in [1.807, 2.05) is 36.2 Å². The van der Waals surface area contributed by atoms with Crippen LogP contribution >= 0.6 is 0 Å². The molecule has 0 aliphatic heterocycles. The number of likely N-dealkylation sites (N-methyl/N-ethyl adjacent to an activating group) is 2. The number of hydrogen-bond donors (Lipinski definition) is 0. The van der Waals surface area contributed by atoms with Gasteiger partial charge in [0.1, 0.15) is 5.69 Å². The average molecular weight is 376 g/mol. The van der Waals surface area contributed by atoms with E-state index < -0.39 is 0 Å². The Labute approximate surface area is 165 Å². The van der Waals surface area contributed by atoms with Gasteiger partial charge in [-0.15, -0.1) is 0 Å². The molecule has 0 saturated heterocycles. The maximum absolute atomic E-state index is 12.7. The summed E-state index contributed by atoms with van der Waals surface area (Å²) in [6, 6.07) is 9.56. The van der Waals surface area contributed by atoms with Crippen LogP contribution in [0.1, 0.15) is 21.6 Å². The Bertz CT molecular complexity index is 888. The minimum absolute atomic E-state index is 0.111. The van der Waals surface area contributed by atoms with Crippen molar-refractivity contribution in [2.75, 3.05) is 32.1 Å². The fourth-order valence-electron chi connectivity index (χ4n) is 2.74. The molecule has 0 aromatic carbocycles. The van der Waals surface area contributed by atoms with Gasteiger partial charge in [0, 0.05) is 58.2 Å². The highest BCUT2D eigenvalue weighted by Crippen LogP contribution is 2.10. The van der Waals surface area contributed by atoms with Crippen molar-refractivity contribution >= 4 is 11.9 Å². The van der Waals surface area contributed by atoms with Crippen LogP contribution in [-0.4, -0.2) is 57.9 Å². The maximum Gasteiger partial charge on any atom is 0.272 e. The van der Waals surface area contributed by atoms with Crippen molar-refractivity contribution in [2.45, 2.75) is 12.8 Å². The summed E-state index contributed by atoms with van der Waals surface area (Å²) in [6.45, 7) is 1.36. The van der Waals surface area contributed by atoms with Crippen LogP contribution in [0, 0.1) is 0 Å². The third kappa shape index (κ3) is 5.33. The van der Waals surface area contributed by atoms with E-state index in [1.165, 1.54) is 5.56 Å². The summed E-state index contributed by atoms with van der Waals surface area (Å²) in [4.78, 5) is 33.2. The zero-order valence-electron chi connectivity index (χ0n) is 16.2. The van der Waals surface area contributed by atoms with E-state index in [-0.39, 0.29) is 5.91 Å². The molecule has 3 heterocycles. The molecule has 28 heavy (non-hydrogen) atoms. The van der Waals surface area contributed by atoms with Crippen LogP contribution in [0.2, 0.25) is 0 Å². The number of carbonyl (C=O) groups is 1. The maximum atomic E-state index is 12.7. The predicted molar refractivity (Wildman–Crippen MR) is 108 cm³/mol. The Hall–Kier alpha value is -3.35. The molecule has 0 aliphatic rings. The molecule has 7 nitrogen and oxygen atoms in total. The molecule has 0 spiro atoms. The Kier molecular flexibility index (Phi) is 6.62. The first-order valence-electron chi connectivity index (χ1n) is 9.21. The predicted octanol–water partition coefficient (Wildman–Crippen LogP) is 2.26. The number of nitrogens with zero attached hydrogens (tertiary/aromatic N) is 6. The SMILES string of the molecule is CN(CCc1ccncc1)C(=O)c1ccnc(N(C)CCc2ccncc2)n1. The topological polar surface area (TPSA) is 75.1 Å². The van der Waals surface area contributed by atoms with Gasteiger partial charge < -0.3 is 9.80 Å². The standard InChI is InChI=1S/C21H24N6O/c1-26(15-8-17-3-10-22-11-4-17)20(28)19-7-14-24-21(25-19)27(2)16-9-18-5-12-23-13-6-18/h3-7,10-14H,8-9,15-16H2,1-2H3. The van der Waals surface area contributed by atoms with Crippen LogP contribution < -0.4 is 4.90 Å². The van der Waals surface area contributed by atoms with E-state index in [9.17, 15) is 4.79 Å². The number of carbonyl (C=O) groups excluding carboxylic acids is 1. The molecule has 0 atom stereocenters. The van der Waals surface area contributed by atoms with Gasteiger partial charge in [-0.1, -0.05) is 0 Å². The fourth-order valence-corrected chi connectivity index (χ4v) is 2.74. The molecule has 0 fully saturated rings. The minimum Gasteiger partial charge on any atom is -0.344 e. The molecular weight excluding hydrogens is 352 g/mol. The van der Waals surface area contributed by atoms with E-state index in [0.717, 1.165) is 24.9 Å². The molecule has 7 heteroatoms. The van der Waals surface area contributed by atoms with E-state index in [1.54, 1.807) is 49.0 Å². The zero-order valence-corrected chi connectivity index (χ0v) is 16.2. The highest BCUT2D eigenvalue weighted by atomic mass is 16.2. The molecule has 0 N–H and O–H groups in total. The largest absolute Gasteiger partial charge is 0.344 e. The zero-order chi connectivity index (χ0) is 19.8. The van der Waals surface area contributed by atoms with Gasteiger partial charge in [-0.3, -0.25) is 14.8 Å². The Morgan fingerprint density at radius 1 is 0.821 bits per heavy atom. The Balaban J connectivity index is 1.58. The monoisotopic (exact) mass is 376 g/mol. The smallest absolute Gasteiger partial charge is 0.272 e. The van der Waals surface area contributed by atoms with E-state index in [2.05, 4.69) is 19.9 Å². The van der Waals surface area contributed by atoms with Crippen LogP contribution in [0.4, 0.5) is 5.95 Å². The molecule has 0 radical (unpaired) electrons. The second kappa shape index (κ2) is 9.55. The summed E-state index contributed by atoms with van der Waals surface area (Å²) in [5, 5.41) is 0. The number of anilines is 1. The van der Waals surface area contributed by atoms with Crippen LogP contribution in [0.25, 0.3) is 0 Å². The second-order valence-electron chi connectivity index (χ2n) is 6.60. The molecule has 1 amide bonds. The summed E-state index contributed by atoms with van der Waals surface area (Å²) in [5.74, 6) is 0.433. The third-order valence-electron chi connectivity index (χ3n) is 4.52.